The highest BCUT2D eigenvalue weighted by molar-refractivity contribution is 6.31. The van der Waals surface area contributed by atoms with Crippen LogP contribution in [0.15, 0.2) is 6.20 Å². The van der Waals surface area contributed by atoms with Gasteiger partial charge in [-0.2, -0.15) is 5.10 Å². The molecule has 0 aliphatic carbocycles. The van der Waals surface area contributed by atoms with Gasteiger partial charge in [-0.1, -0.05) is 25.4 Å². The zero-order valence-electron chi connectivity index (χ0n) is 13.9. The van der Waals surface area contributed by atoms with Crippen LogP contribution in [0.4, 0.5) is 0 Å². The fraction of sp³-hybridized carbons (Fsp3) is 0.800. The quantitative estimate of drug-likeness (QED) is 0.836. The Morgan fingerprint density at radius 2 is 1.90 bits per heavy atom. The Bertz CT molecular complexity index is 422. The Morgan fingerprint density at radius 1 is 1.35 bits per heavy atom. The third-order valence-electron chi connectivity index (χ3n) is 4.49. The first-order valence-electron chi connectivity index (χ1n) is 7.43. The van der Waals surface area contributed by atoms with Gasteiger partial charge in [-0.25, -0.2) is 0 Å². The van der Waals surface area contributed by atoms with E-state index in [-0.39, 0.29) is 11.6 Å². The molecule has 0 radical (unpaired) electrons. The summed E-state index contributed by atoms with van der Waals surface area (Å²) < 4.78 is 2.03. The minimum absolute atomic E-state index is 0.0189. The highest BCUT2D eigenvalue weighted by atomic mass is 35.5. The molecule has 1 rings (SSSR count). The van der Waals surface area contributed by atoms with Gasteiger partial charge in [0.05, 0.1) is 23.0 Å². The van der Waals surface area contributed by atoms with E-state index in [2.05, 4.69) is 57.1 Å². The molecule has 0 fully saturated rings. The second kappa shape index (κ2) is 6.92. The van der Waals surface area contributed by atoms with Crippen LogP contribution in [0.5, 0.6) is 0 Å². The highest BCUT2D eigenvalue weighted by Gasteiger charge is 2.41. The van der Waals surface area contributed by atoms with Crippen LogP contribution in [0.3, 0.4) is 0 Å². The maximum absolute atomic E-state index is 6.45. The van der Waals surface area contributed by atoms with Gasteiger partial charge in [0.15, 0.2) is 0 Å². The summed E-state index contributed by atoms with van der Waals surface area (Å²) in [5.74, 6) is 0. The smallest absolute Gasteiger partial charge is 0.0835 e. The SMILES string of the molecule is CCC(CC)(C(NC)c1c(Cl)cnn1C(C)C)N(C)C. The van der Waals surface area contributed by atoms with Crippen LogP contribution in [-0.2, 0) is 0 Å². The summed E-state index contributed by atoms with van der Waals surface area (Å²) in [6.45, 7) is 8.74. The van der Waals surface area contributed by atoms with E-state index in [4.69, 9.17) is 11.6 Å². The molecule has 0 amide bonds. The van der Waals surface area contributed by atoms with E-state index in [0.717, 1.165) is 23.6 Å². The highest BCUT2D eigenvalue weighted by Crippen LogP contribution is 2.39. The number of halogens is 1. The first-order valence-corrected chi connectivity index (χ1v) is 7.81. The molecule has 116 valence electrons. The summed E-state index contributed by atoms with van der Waals surface area (Å²) in [6, 6.07) is 0.437. The fourth-order valence-electron chi connectivity index (χ4n) is 3.24. The van der Waals surface area contributed by atoms with Gasteiger partial charge in [0.2, 0.25) is 0 Å². The average molecular weight is 301 g/mol. The van der Waals surface area contributed by atoms with E-state index in [1.807, 2.05) is 11.7 Å². The molecule has 1 N–H and O–H groups in total. The fourth-order valence-corrected chi connectivity index (χ4v) is 3.48. The van der Waals surface area contributed by atoms with Gasteiger partial charge in [0.1, 0.15) is 0 Å². The predicted octanol–water partition coefficient (Wildman–Crippen LogP) is 3.50. The summed E-state index contributed by atoms with van der Waals surface area (Å²) in [4.78, 5) is 2.31. The van der Waals surface area contributed by atoms with Gasteiger partial charge in [-0.15, -0.1) is 0 Å². The summed E-state index contributed by atoms with van der Waals surface area (Å²) in [5, 5.41) is 8.67. The Morgan fingerprint density at radius 3 is 2.25 bits per heavy atom. The number of likely N-dealkylation sites (N-methyl/N-ethyl adjacent to an activating group) is 2. The van der Waals surface area contributed by atoms with E-state index in [1.165, 1.54) is 0 Å². The molecule has 0 saturated heterocycles. The monoisotopic (exact) mass is 300 g/mol. The van der Waals surface area contributed by atoms with Crippen molar-refractivity contribution in [2.75, 3.05) is 21.1 Å². The largest absolute Gasteiger partial charge is 0.310 e. The number of hydrogen-bond acceptors (Lipinski definition) is 3. The van der Waals surface area contributed by atoms with Crippen molar-refractivity contribution >= 4 is 11.6 Å². The molecule has 5 heteroatoms. The van der Waals surface area contributed by atoms with Crippen molar-refractivity contribution in [1.82, 2.24) is 20.0 Å². The lowest BCUT2D eigenvalue weighted by Gasteiger charge is -2.45. The molecule has 0 aliphatic rings. The van der Waals surface area contributed by atoms with Crippen molar-refractivity contribution in [1.29, 1.82) is 0 Å². The molecule has 0 bridgehead atoms. The lowest BCUT2D eigenvalue weighted by molar-refractivity contribution is 0.0871. The number of aromatic nitrogens is 2. The van der Waals surface area contributed by atoms with Crippen LogP contribution < -0.4 is 5.32 Å². The second-order valence-electron chi connectivity index (χ2n) is 5.84. The second-order valence-corrected chi connectivity index (χ2v) is 6.25. The van der Waals surface area contributed by atoms with E-state index in [9.17, 15) is 0 Å². The average Bonchev–Trinajstić information content (AvgIpc) is 2.77. The molecule has 4 nitrogen and oxygen atoms in total. The Kier molecular flexibility index (Phi) is 6.05. The molecule has 0 aliphatic heterocycles. The molecular weight excluding hydrogens is 272 g/mol. The normalized spacial score (nSPS) is 14.3. The first kappa shape index (κ1) is 17.5. The van der Waals surface area contributed by atoms with Crippen molar-refractivity contribution in [3.05, 3.63) is 16.9 Å². The van der Waals surface area contributed by atoms with E-state index in [1.54, 1.807) is 6.20 Å². The molecule has 0 aromatic carbocycles. The van der Waals surface area contributed by atoms with Gasteiger partial charge in [0, 0.05) is 11.6 Å². The van der Waals surface area contributed by atoms with Crippen molar-refractivity contribution in [3.8, 4) is 0 Å². The minimum atomic E-state index is 0.0189. The van der Waals surface area contributed by atoms with Crippen LogP contribution in [0, 0.1) is 0 Å². The Balaban J connectivity index is 3.42. The topological polar surface area (TPSA) is 33.1 Å². The Labute approximate surface area is 128 Å². The van der Waals surface area contributed by atoms with Crippen molar-refractivity contribution in [3.63, 3.8) is 0 Å². The summed E-state index contributed by atoms with van der Waals surface area (Å²) in [7, 11) is 6.28. The lowest BCUT2D eigenvalue weighted by Crippen LogP contribution is -2.53. The number of hydrogen-bond donors (Lipinski definition) is 1. The zero-order chi connectivity index (χ0) is 15.5. The van der Waals surface area contributed by atoms with Crippen LogP contribution in [0.1, 0.15) is 58.3 Å². The third kappa shape index (κ3) is 2.87. The maximum atomic E-state index is 6.45. The number of nitrogens with zero attached hydrogens (tertiary/aromatic N) is 3. The molecule has 20 heavy (non-hydrogen) atoms. The van der Waals surface area contributed by atoms with Crippen LogP contribution in [0.2, 0.25) is 5.02 Å². The lowest BCUT2D eigenvalue weighted by atomic mass is 9.81. The molecule has 0 spiro atoms. The minimum Gasteiger partial charge on any atom is -0.310 e. The Hall–Kier alpha value is -0.580. The molecule has 0 saturated carbocycles. The summed E-state index contributed by atoms with van der Waals surface area (Å²) in [6.07, 6.45) is 3.84. The van der Waals surface area contributed by atoms with Crippen LogP contribution in [0.25, 0.3) is 0 Å². The van der Waals surface area contributed by atoms with E-state index < -0.39 is 0 Å². The van der Waals surface area contributed by atoms with E-state index in [0.29, 0.717) is 6.04 Å². The zero-order valence-corrected chi connectivity index (χ0v) is 14.6. The van der Waals surface area contributed by atoms with Gasteiger partial charge in [-0.3, -0.25) is 4.68 Å². The molecule has 1 aromatic heterocycles. The van der Waals surface area contributed by atoms with Gasteiger partial charge < -0.3 is 10.2 Å². The summed E-state index contributed by atoms with van der Waals surface area (Å²) >= 11 is 6.45. The van der Waals surface area contributed by atoms with Crippen LogP contribution >= 0.6 is 11.6 Å². The molecule has 1 atom stereocenters. The van der Waals surface area contributed by atoms with Gasteiger partial charge in [0.25, 0.3) is 0 Å². The van der Waals surface area contributed by atoms with Gasteiger partial charge in [-0.05, 0) is 47.8 Å². The first-order chi connectivity index (χ1) is 9.35. The standard InChI is InChI=1S/C15H29ClN4/c1-8-15(9-2,19(6)7)14(17-5)13-12(16)10-18-20(13)11(3)4/h10-11,14,17H,8-9H2,1-7H3. The summed E-state index contributed by atoms with van der Waals surface area (Å²) in [5.41, 5.74) is 1.10. The predicted molar refractivity (Wildman–Crippen MR) is 86.4 cm³/mol. The number of nitrogens with one attached hydrogen (secondary N) is 1. The molecule has 1 aromatic rings. The van der Waals surface area contributed by atoms with Gasteiger partial charge >= 0.3 is 0 Å². The molecular formula is C15H29ClN4. The maximum Gasteiger partial charge on any atom is 0.0835 e. The van der Waals surface area contributed by atoms with Crippen molar-refractivity contribution in [2.45, 2.75) is 58.2 Å². The number of rotatable bonds is 7. The van der Waals surface area contributed by atoms with Crippen molar-refractivity contribution < 1.29 is 0 Å². The van der Waals surface area contributed by atoms with Crippen molar-refractivity contribution in [2.24, 2.45) is 0 Å². The van der Waals surface area contributed by atoms with E-state index >= 15 is 0 Å². The molecule has 1 heterocycles. The van der Waals surface area contributed by atoms with Crippen LogP contribution in [-0.4, -0.2) is 41.4 Å². The molecule has 1 unspecified atom stereocenters. The third-order valence-corrected chi connectivity index (χ3v) is 4.78.